The number of carbonyl (C=O) groups is 1. The predicted molar refractivity (Wildman–Crippen MR) is 55.5 cm³/mol. The fourth-order valence-corrected chi connectivity index (χ4v) is 1.07. The van der Waals surface area contributed by atoms with Crippen LogP contribution in [0, 0.1) is 0 Å². The van der Waals surface area contributed by atoms with Crippen LogP contribution in [-0.4, -0.2) is 17.4 Å². The van der Waals surface area contributed by atoms with Crippen molar-refractivity contribution < 1.29 is 9.21 Å². The molecule has 0 atom stereocenters. The maximum atomic E-state index is 11.2. The topological polar surface area (TPSA) is 68.3 Å². The molecule has 13 heavy (non-hydrogen) atoms. The van der Waals surface area contributed by atoms with Crippen molar-refractivity contribution in [1.29, 1.82) is 0 Å². The van der Waals surface area contributed by atoms with Crippen molar-refractivity contribution in [2.75, 3.05) is 6.54 Å². The number of carbonyl (C=O) groups excluding carboxylic acids is 1. The number of nitrogens with two attached hydrogens (primary N) is 1. The quantitative estimate of drug-likeness (QED) is 0.800. The van der Waals surface area contributed by atoms with Gasteiger partial charge >= 0.3 is 0 Å². The van der Waals surface area contributed by atoms with Crippen molar-refractivity contribution >= 4 is 39.0 Å². The SMILES string of the molecule is NC(=S)CNC(=O)c1ccc(Br)o1. The van der Waals surface area contributed by atoms with E-state index in [0.717, 1.165) is 0 Å². The van der Waals surface area contributed by atoms with Gasteiger partial charge in [-0.2, -0.15) is 0 Å². The molecule has 0 fully saturated rings. The highest BCUT2D eigenvalue weighted by molar-refractivity contribution is 9.10. The smallest absolute Gasteiger partial charge is 0.287 e. The van der Waals surface area contributed by atoms with Gasteiger partial charge < -0.3 is 15.5 Å². The molecule has 0 unspecified atom stereocenters. The fourth-order valence-electron chi connectivity index (χ4n) is 0.691. The molecule has 0 aliphatic heterocycles. The summed E-state index contributed by atoms with van der Waals surface area (Å²) in [5, 5.41) is 2.49. The van der Waals surface area contributed by atoms with Gasteiger partial charge in [0.15, 0.2) is 10.4 Å². The van der Waals surface area contributed by atoms with Crippen LogP contribution < -0.4 is 11.1 Å². The molecule has 0 aromatic carbocycles. The van der Waals surface area contributed by atoms with Gasteiger partial charge in [-0.05, 0) is 28.1 Å². The minimum absolute atomic E-state index is 0.173. The molecule has 0 aliphatic rings. The Bertz CT molecular complexity index is 337. The molecule has 1 rings (SSSR count). The molecule has 1 amide bonds. The third-order valence-electron chi connectivity index (χ3n) is 1.22. The van der Waals surface area contributed by atoms with Gasteiger partial charge in [-0.15, -0.1) is 0 Å². The minimum Gasteiger partial charge on any atom is -0.444 e. The standard InChI is InChI=1S/C7H7BrN2O2S/c8-5-2-1-4(12-5)7(11)10-3-6(9)13/h1-2H,3H2,(H2,9,13)(H,10,11). The molecule has 70 valence electrons. The van der Waals surface area contributed by atoms with Crippen molar-refractivity contribution in [2.24, 2.45) is 5.73 Å². The number of hydrogen-bond donors (Lipinski definition) is 2. The summed E-state index contributed by atoms with van der Waals surface area (Å²) >= 11 is 7.68. The van der Waals surface area contributed by atoms with Gasteiger partial charge in [-0.1, -0.05) is 12.2 Å². The third kappa shape index (κ3) is 3.16. The predicted octanol–water partition coefficient (Wildman–Crippen LogP) is 1.06. The minimum atomic E-state index is -0.335. The molecule has 1 aromatic heterocycles. The molecule has 4 nitrogen and oxygen atoms in total. The maximum Gasteiger partial charge on any atom is 0.287 e. The van der Waals surface area contributed by atoms with E-state index in [1.165, 1.54) is 0 Å². The molecule has 1 aromatic rings. The first kappa shape index (κ1) is 10.2. The van der Waals surface area contributed by atoms with Gasteiger partial charge in [0, 0.05) is 0 Å². The average Bonchev–Trinajstić information content (AvgIpc) is 2.47. The largest absolute Gasteiger partial charge is 0.444 e. The number of halogens is 1. The molecular weight excluding hydrogens is 256 g/mol. The van der Waals surface area contributed by atoms with Crippen LogP contribution in [0.15, 0.2) is 21.2 Å². The van der Waals surface area contributed by atoms with E-state index < -0.39 is 0 Å². The van der Waals surface area contributed by atoms with E-state index in [-0.39, 0.29) is 23.2 Å². The van der Waals surface area contributed by atoms with Crippen molar-refractivity contribution in [3.05, 3.63) is 22.6 Å². The Morgan fingerprint density at radius 2 is 2.38 bits per heavy atom. The number of rotatable bonds is 3. The Kier molecular flexibility index (Phi) is 3.44. The summed E-state index contributed by atoms with van der Waals surface area (Å²) in [6.07, 6.45) is 0. The Hall–Kier alpha value is -0.880. The lowest BCUT2D eigenvalue weighted by Gasteiger charge is -1.99. The monoisotopic (exact) mass is 262 g/mol. The third-order valence-corrected chi connectivity index (χ3v) is 1.79. The van der Waals surface area contributed by atoms with E-state index in [9.17, 15) is 4.79 Å². The molecule has 0 saturated carbocycles. The Morgan fingerprint density at radius 3 is 2.85 bits per heavy atom. The molecule has 6 heteroatoms. The molecule has 0 bridgehead atoms. The highest BCUT2D eigenvalue weighted by Crippen LogP contribution is 2.13. The summed E-state index contributed by atoms with van der Waals surface area (Å²) in [6.45, 7) is 0.173. The molecule has 0 saturated heterocycles. The van der Waals surface area contributed by atoms with Gasteiger partial charge in [-0.25, -0.2) is 0 Å². The number of hydrogen-bond acceptors (Lipinski definition) is 3. The second kappa shape index (κ2) is 4.38. The Labute approximate surface area is 88.6 Å². The highest BCUT2D eigenvalue weighted by Gasteiger charge is 2.09. The van der Waals surface area contributed by atoms with Crippen molar-refractivity contribution in [2.45, 2.75) is 0 Å². The zero-order valence-corrected chi connectivity index (χ0v) is 8.94. The van der Waals surface area contributed by atoms with Gasteiger partial charge in [0.25, 0.3) is 5.91 Å². The second-order valence-corrected chi connectivity index (χ2v) is 3.56. The van der Waals surface area contributed by atoms with Crippen LogP contribution in [0.3, 0.4) is 0 Å². The van der Waals surface area contributed by atoms with E-state index in [1.807, 2.05) is 0 Å². The van der Waals surface area contributed by atoms with Gasteiger partial charge in [0.05, 0.1) is 11.5 Å². The van der Waals surface area contributed by atoms with E-state index in [0.29, 0.717) is 4.67 Å². The van der Waals surface area contributed by atoms with Crippen LogP contribution >= 0.6 is 28.1 Å². The molecular formula is C7H7BrN2O2S. The molecule has 0 spiro atoms. The van der Waals surface area contributed by atoms with Crippen LogP contribution in [0.1, 0.15) is 10.6 Å². The summed E-state index contributed by atoms with van der Waals surface area (Å²) in [7, 11) is 0. The molecule has 3 N–H and O–H groups in total. The summed E-state index contributed by atoms with van der Waals surface area (Å²) in [4.78, 5) is 11.5. The van der Waals surface area contributed by atoms with Crippen LogP contribution in [0.4, 0.5) is 0 Å². The van der Waals surface area contributed by atoms with E-state index in [4.69, 9.17) is 10.2 Å². The fraction of sp³-hybridized carbons (Fsp3) is 0.143. The number of furan rings is 1. The van der Waals surface area contributed by atoms with E-state index in [2.05, 4.69) is 33.5 Å². The highest BCUT2D eigenvalue weighted by atomic mass is 79.9. The summed E-state index contributed by atoms with van der Waals surface area (Å²) < 4.78 is 5.51. The number of amides is 1. The van der Waals surface area contributed by atoms with Crippen molar-refractivity contribution in [3.63, 3.8) is 0 Å². The number of nitrogens with one attached hydrogen (secondary N) is 1. The molecule has 0 aliphatic carbocycles. The lowest BCUT2D eigenvalue weighted by Crippen LogP contribution is -2.31. The van der Waals surface area contributed by atoms with Crippen LogP contribution in [-0.2, 0) is 0 Å². The maximum absolute atomic E-state index is 11.2. The first-order valence-electron chi connectivity index (χ1n) is 3.41. The zero-order valence-electron chi connectivity index (χ0n) is 6.54. The van der Waals surface area contributed by atoms with E-state index in [1.54, 1.807) is 12.1 Å². The van der Waals surface area contributed by atoms with Crippen LogP contribution in [0.5, 0.6) is 0 Å². The lowest BCUT2D eigenvalue weighted by molar-refractivity contribution is 0.0930. The van der Waals surface area contributed by atoms with Gasteiger partial charge in [0.1, 0.15) is 0 Å². The van der Waals surface area contributed by atoms with Crippen molar-refractivity contribution in [1.82, 2.24) is 5.32 Å². The van der Waals surface area contributed by atoms with Gasteiger partial charge in [0.2, 0.25) is 0 Å². The first-order chi connectivity index (χ1) is 6.09. The van der Waals surface area contributed by atoms with Crippen LogP contribution in [0.25, 0.3) is 0 Å². The van der Waals surface area contributed by atoms with Gasteiger partial charge in [-0.3, -0.25) is 4.79 Å². The summed E-state index contributed by atoms with van der Waals surface area (Å²) in [6, 6.07) is 3.19. The lowest BCUT2D eigenvalue weighted by atomic mass is 10.4. The zero-order chi connectivity index (χ0) is 9.84. The molecule has 1 heterocycles. The average molecular weight is 263 g/mol. The van der Waals surface area contributed by atoms with Crippen LogP contribution in [0.2, 0.25) is 0 Å². The van der Waals surface area contributed by atoms with E-state index >= 15 is 0 Å². The van der Waals surface area contributed by atoms with Crippen molar-refractivity contribution in [3.8, 4) is 0 Å². The Morgan fingerprint density at radius 1 is 1.69 bits per heavy atom. The number of thiocarbonyl (C=S) groups is 1. The second-order valence-electron chi connectivity index (χ2n) is 2.25. The normalized spacial score (nSPS) is 9.62. The first-order valence-corrected chi connectivity index (χ1v) is 4.61. The Balaban J connectivity index is 2.54. The summed E-state index contributed by atoms with van der Waals surface area (Å²) in [5.41, 5.74) is 5.20. The molecule has 0 radical (unpaired) electrons. The summed E-state index contributed by atoms with van der Waals surface area (Å²) in [5.74, 6) is -0.110.